The number of likely N-dealkylation sites (N-methyl/N-ethyl adjacent to an activating group) is 1. The second-order valence-electron chi connectivity index (χ2n) is 7.69. The average molecular weight is 511 g/mol. The number of thiazole rings is 1. The third kappa shape index (κ3) is 4.37. The molecule has 4 rings (SSSR count). The average Bonchev–Trinajstić information content (AvgIpc) is 3.17. The van der Waals surface area contributed by atoms with E-state index in [1.54, 1.807) is 0 Å². The van der Waals surface area contributed by atoms with Gasteiger partial charge in [-0.25, -0.2) is 19.0 Å². The van der Waals surface area contributed by atoms with Gasteiger partial charge in [0.15, 0.2) is 5.13 Å². The molecule has 9 nitrogen and oxygen atoms in total. The Kier molecular flexibility index (Phi) is 6.11. The largest absolute Gasteiger partial charge is 0.480 e. The smallest absolute Gasteiger partial charge is 0.419 e. The molecule has 1 fully saturated rings. The Morgan fingerprint density at radius 2 is 1.89 bits per heavy atom. The van der Waals surface area contributed by atoms with Crippen molar-refractivity contribution in [3.05, 3.63) is 53.8 Å². The van der Waals surface area contributed by atoms with Crippen molar-refractivity contribution in [1.29, 1.82) is 0 Å². The van der Waals surface area contributed by atoms with Crippen LogP contribution in [0.4, 0.5) is 33.2 Å². The number of halogens is 4. The zero-order chi connectivity index (χ0) is 25.5. The van der Waals surface area contributed by atoms with Gasteiger partial charge in [-0.3, -0.25) is 15.4 Å². The molecule has 0 saturated carbocycles. The molecular formula is C21H17F4N5O4S. The lowest BCUT2D eigenvalue weighted by Gasteiger charge is -2.44. The topological polar surface area (TPSA) is 124 Å². The highest BCUT2D eigenvalue weighted by Gasteiger charge is 2.65. The van der Waals surface area contributed by atoms with Gasteiger partial charge < -0.3 is 15.3 Å². The summed E-state index contributed by atoms with van der Waals surface area (Å²) >= 11 is 0.876. The van der Waals surface area contributed by atoms with Crippen molar-refractivity contribution in [2.45, 2.75) is 17.8 Å². The summed E-state index contributed by atoms with van der Waals surface area (Å²) in [6.07, 6.45) is -5.09. The number of hydrogen-bond acceptors (Lipinski definition) is 6. The van der Waals surface area contributed by atoms with Crippen LogP contribution in [0.5, 0.6) is 0 Å². The second-order valence-corrected chi connectivity index (χ2v) is 8.72. The van der Waals surface area contributed by atoms with Crippen LogP contribution in [0, 0.1) is 5.82 Å². The summed E-state index contributed by atoms with van der Waals surface area (Å²) in [5.74, 6) is -3.37. The molecule has 14 heteroatoms. The Hall–Kier alpha value is -3.78. The number of benzene rings is 2. The first-order valence-corrected chi connectivity index (χ1v) is 10.8. The van der Waals surface area contributed by atoms with Gasteiger partial charge >= 0.3 is 18.2 Å². The lowest BCUT2D eigenvalue weighted by atomic mass is 9.84. The number of aromatic nitrogens is 1. The number of piperazine rings is 1. The van der Waals surface area contributed by atoms with Gasteiger partial charge in [0.25, 0.3) is 5.91 Å². The zero-order valence-corrected chi connectivity index (χ0v) is 18.6. The van der Waals surface area contributed by atoms with Gasteiger partial charge in [-0.2, -0.15) is 13.2 Å². The predicted octanol–water partition coefficient (Wildman–Crippen LogP) is 3.35. The van der Waals surface area contributed by atoms with E-state index in [1.807, 2.05) is 0 Å². The number of aliphatic carboxylic acids is 1. The van der Waals surface area contributed by atoms with Gasteiger partial charge in [-0.1, -0.05) is 17.4 Å². The van der Waals surface area contributed by atoms with Crippen LogP contribution in [0.3, 0.4) is 0 Å². The van der Waals surface area contributed by atoms with Crippen LogP contribution in [0.2, 0.25) is 0 Å². The lowest BCUT2D eigenvalue weighted by molar-refractivity contribution is -0.217. The summed E-state index contributed by atoms with van der Waals surface area (Å²) in [6, 6.07) is 6.32. The van der Waals surface area contributed by atoms with Crippen LogP contribution in [-0.2, 0) is 15.1 Å². The maximum absolute atomic E-state index is 14.3. The summed E-state index contributed by atoms with van der Waals surface area (Å²) in [4.78, 5) is 41.1. The summed E-state index contributed by atoms with van der Waals surface area (Å²) in [5, 5.41) is 16.3. The third-order valence-corrected chi connectivity index (χ3v) is 6.46. The number of nitrogens with one attached hydrogen (secondary N) is 3. The molecule has 2 aromatic carbocycles. The van der Waals surface area contributed by atoms with E-state index in [0.717, 1.165) is 42.6 Å². The van der Waals surface area contributed by atoms with E-state index in [2.05, 4.69) is 20.9 Å². The number of carbonyl (C=O) groups excluding carboxylic acids is 2. The van der Waals surface area contributed by atoms with Crippen molar-refractivity contribution in [3.63, 3.8) is 0 Å². The van der Waals surface area contributed by atoms with Crippen molar-refractivity contribution in [3.8, 4) is 0 Å². The van der Waals surface area contributed by atoms with Crippen molar-refractivity contribution in [1.82, 2.24) is 15.2 Å². The molecule has 35 heavy (non-hydrogen) atoms. The molecule has 1 aliphatic rings. The minimum atomic E-state index is -5.09. The molecule has 2 atom stereocenters. The molecule has 0 radical (unpaired) electrons. The van der Waals surface area contributed by atoms with E-state index in [4.69, 9.17) is 0 Å². The first kappa shape index (κ1) is 24.3. The predicted molar refractivity (Wildman–Crippen MR) is 119 cm³/mol. The van der Waals surface area contributed by atoms with Gasteiger partial charge in [-0.05, 0) is 42.0 Å². The first-order valence-electron chi connectivity index (χ1n) is 9.99. The number of anilines is 2. The van der Waals surface area contributed by atoms with Crippen LogP contribution < -0.4 is 16.0 Å². The Labute approximate surface area is 198 Å². The minimum absolute atomic E-state index is 0.0730. The van der Waals surface area contributed by atoms with E-state index < -0.39 is 53.6 Å². The van der Waals surface area contributed by atoms with Gasteiger partial charge in [0.2, 0.25) is 5.54 Å². The SMILES string of the molecule is CN1C(=O)C(c2ccc3nc(NC(=O)Nc4ccc(F)cc4)sc3c2)(C(F)(F)F)NC[C@@H]1C(=O)O. The second kappa shape index (κ2) is 8.78. The first-order chi connectivity index (χ1) is 16.4. The van der Waals surface area contributed by atoms with Crippen LogP contribution in [0.15, 0.2) is 42.5 Å². The zero-order valence-electron chi connectivity index (χ0n) is 17.8. The maximum atomic E-state index is 14.3. The molecular weight excluding hydrogens is 494 g/mol. The van der Waals surface area contributed by atoms with Crippen LogP contribution in [-0.4, -0.2) is 58.7 Å². The number of fused-ring (bicyclic) bond motifs is 1. The maximum Gasteiger partial charge on any atom is 0.419 e. The minimum Gasteiger partial charge on any atom is -0.480 e. The Balaban J connectivity index is 1.63. The Bertz CT molecular complexity index is 1310. The third-order valence-electron chi connectivity index (χ3n) is 5.52. The summed E-state index contributed by atoms with van der Waals surface area (Å²) in [6.45, 7) is -0.617. The number of urea groups is 1. The van der Waals surface area contributed by atoms with Crippen molar-refractivity contribution in [2.24, 2.45) is 0 Å². The monoisotopic (exact) mass is 511 g/mol. The van der Waals surface area contributed by atoms with Crippen LogP contribution >= 0.6 is 11.3 Å². The van der Waals surface area contributed by atoms with Crippen LogP contribution in [0.25, 0.3) is 10.2 Å². The lowest BCUT2D eigenvalue weighted by Crippen LogP contribution is -2.71. The van der Waals surface area contributed by atoms with E-state index in [9.17, 15) is 37.1 Å². The fraction of sp³-hybridized carbons (Fsp3) is 0.238. The summed E-state index contributed by atoms with van der Waals surface area (Å²) < 4.78 is 56.1. The molecule has 0 spiro atoms. The van der Waals surface area contributed by atoms with Gasteiger partial charge in [0.1, 0.15) is 11.9 Å². The van der Waals surface area contributed by atoms with E-state index >= 15 is 0 Å². The molecule has 4 N–H and O–H groups in total. The summed E-state index contributed by atoms with van der Waals surface area (Å²) in [5.41, 5.74) is -3.01. The Morgan fingerprint density at radius 3 is 2.51 bits per heavy atom. The van der Waals surface area contributed by atoms with E-state index in [-0.39, 0.29) is 15.3 Å². The number of rotatable bonds is 4. The summed E-state index contributed by atoms with van der Waals surface area (Å²) in [7, 11) is 1.01. The number of carbonyl (C=O) groups is 3. The normalized spacial score (nSPS) is 20.7. The number of carboxylic acid groups (broad SMARTS) is 1. The fourth-order valence-electron chi connectivity index (χ4n) is 3.74. The van der Waals surface area contributed by atoms with Gasteiger partial charge in [0, 0.05) is 19.3 Å². The van der Waals surface area contributed by atoms with Crippen molar-refractivity contribution >= 4 is 50.3 Å². The van der Waals surface area contributed by atoms with Gasteiger partial charge in [0.05, 0.1) is 10.2 Å². The number of amides is 3. The van der Waals surface area contributed by atoms with Crippen molar-refractivity contribution < 1.29 is 37.1 Å². The fourth-order valence-corrected chi connectivity index (χ4v) is 4.64. The van der Waals surface area contributed by atoms with E-state index in [1.165, 1.54) is 18.2 Å². The number of alkyl halides is 3. The number of nitrogens with zero attached hydrogens (tertiary/aromatic N) is 2. The molecule has 0 bridgehead atoms. The molecule has 3 amide bonds. The van der Waals surface area contributed by atoms with Gasteiger partial charge in [-0.15, -0.1) is 0 Å². The highest BCUT2D eigenvalue weighted by molar-refractivity contribution is 7.22. The highest BCUT2D eigenvalue weighted by atomic mass is 32.1. The molecule has 2 heterocycles. The standard InChI is InChI=1S/C21H17F4N5O4S/c1-30-14(16(31)32)9-26-20(17(30)33,21(23,24)25)10-2-7-13-15(8-10)35-19(28-13)29-18(34)27-12-5-3-11(22)4-6-12/h2-8,14,26H,9H2,1H3,(H,31,32)(H2,27,28,29,34)/t14-,20?/m1/s1. The quantitative estimate of drug-likeness (QED) is 0.399. The number of hydrogen-bond donors (Lipinski definition) is 4. The Morgan fingerprint density at radius 1 is 1.20 bits per heavy atom. The van der Waals surface area contributed by atoms with Crippen molar-refractivity contribution in [2.75, 3.05) is 24.2 Å². The molecule has 184 valence electrons. The molecule has 1 aromatic heterocycles. The number of carboxylic acids is 1. The molecule has 0 aliphatic carbocycles. The van der Waals surface area contributed by atoms with E-state index in [0.29, 0.717) is 10.6 Å². The molecule has 1 unspecified atom stereocenters. The molecule has 1 aliphatic heterocycles. The highest BCUT2D eigenvalue weighted by Crippen LogP contribution is 2.43. The molecule has 1 saturated heterocycles. The molecule has 3 aromatic rings. The van der Waals surface area contributed by atoms with Crippen LogP contribution in [0.1, 0.15) is 5.56 Å².